The van der Waals surface area contributed by atoms with E-state index in [0.717, 1.165) is 29.0 Å². The average Bonchev–Trinajstić information content (AvgIpc) is 3.45. The van der Waals surface area contributed by atoms with Gasteiger partial charge >= 0.3 is 6.18 Å². The molecule has 15 heteroatoms. The maximum absolute atomic E-state index is 14.8. The number of anilines is 1. The summed E-state index contributed by atoms with van der Waals surface area (Å²) in [5.41, 5.74) is 2.91. The Morgan fingerprint density at radius 3 is 2.48 bits per heavy atom. The van der Waals surface area contributed by atoms with Crippen molar-refractivity contribution in [2.75, 3.05) is 18.8 Å². The Labute approximate surface area is 222 Å². The Morgan fingerprint density at radius 2 is 1.80 bits per heavy atom. The summed E-state index contributed by atoms with van der Waals surface area (Å²) in [7, 11) is 0. The lowest BCUT2D eigenvalue weighted by atomic mass is 9.86. The second-order valence-electron chi connectivity index (χ2n) is 10.0. The van der Waals surface area contributed by atoms with Crippen LogP contribution in [0.25, 0.3) is 16.8 Å². The van der Waals surface area contributed by atoms with Crippen molar-refractivity contribution in [3.63, 3.8) is 0 Å². The summed E-state index contributed by atoms with van der Waals surface area (Å²) in [4.78, 5) is 30.5. The van der Waals surface area contributed by atoms with Gasteiger partial charge in [-0.05, 0) is 37.1 Å². The number of amides is 2. The molecule has 0 bridgehead atoms. The number of benzene rings is 1. The highest BCUT2D eigenvalue weighted by Gasteiger charge is 2.43. The summed E-state index contributed by atoms with van der Waals surface area (Å²) in [6.07, 6.45) is -6.51. The Morgan fingerprint density at radius 1 is 1.10 bits per heavy atom. The highest BCUT2D eigenvalue weighted by molar-refractivity contribution is 5.96. The summed E-state index contributed by atoms with van der Waals surface area (Å²) in [5.74, 6) is -6.24. The van der Waals surface area contributed by atoms with Gasteiger partial charge in [-0.15, -0.1) is 0 Å². The molecule has 2 aliphatic rings. The molecule has 3 N–H and O–H groups in total. The van der Waals surface area contributed by atoms with E-state index >= 15 is 0 Å². The number of aromatic nitrogens is 3. The molecule has 2 atom stereocenters. The van der Waals surface area contributed by atoms with Crippen LogP contribution in [-0.4, -0.2) is 62.5 Å². The van der Waals surface area contributed by atoms with Crippen molar-refractivity contribution in [2.24, 2.45) is 5.92 Å². The smallest absolute Gasteiger partial charge is 0.382 e. The molecule has 1 aromatic carbocycles. The monoisotopic (exact) mass is 572 g/mol. The number of nitrogens with two attached hydrogens (primary N) is 1. The molecular weight excluding hydrogens is 549 g/mol. The molecule has 40 heavy (non-hydrogen) atoms. The van der Waals surface area contributed by atoms with Gasteiger partial charge in [-0.2, -0.15) is 18.3 Å². The molecule has 1 aliphatic heterocycles. The summed E-state index contributed by atoms with van der Waals surface area (Å²) < 4.78 is 98.2. The van der Waals surface area contributed by atoms with E-state index in [-0.39, 0.29) is 37.2 Å². The normalized spacial score (nSPS) is 21.6. The number of nitrogens with one attached hydrogen (secondary N) is 1. The summed E-state index contributed by atoms with van der Waals surface area (Å²) >= 11 is 0. The van der Waals surface area contributed by atoms with E-state index in [9.17, 15) is 40.3 Å². The first-order valence-electron chi connectivity index (χ1n) is 12.4. The molecule has 2 aromatic heterocycles. The third-order valence-electron chi connectivity index (χ3n) is 7.34. The van der Waals surface area contributed by atoms with Crippen LogP contribution in [0.4, 0.5) is 36.6 Å². The van der Waals surface area contributed by atoms with Crippen LogP contribution >= 0.6 is 0 Å². The number of fused-ring (bicyclic) bond motifs is 1. The largest absolute Gasteiger partial charge is 0.418 e. The van der Waals surface area contributed by atoms with Gasteiger partial charge in [0.2, 0.25) is 11.8 Å². The van der Waals surface area contributed by atoms with E-state index in [0.29, 0.717) is 6.07 Å². The minimum absolute atomic E-state index is 0.0181. The average molecular weight is 572 g/mol. The van der Waals surface area contributed by atoms with Crippen LogP contribution in [0.1, 0.15) is 41.6 Å². The second kappa shape index (κ2) is 9.93. The fourth-order valence-electron chi connectivity index (χ4n) is 5.22. The van der Waals surface area contributed by atoms with Crippen LogP contribution in [0.5, 0.6) is 0 Å². The van der Waals surface area contributed by atoms with Gasteiger partial charge in [0.05, 0.1) is 23.8 Å². The van der Waals surface area contributed by atoms with Crippen LogP contribution in [-0.2, 0) is 11.0 Å². The predicted octanol–water partition coefficient (Wildman–Crippen LogP) is 4.24. The van der Waals surface area contributed by atoms with Crippen LogP contribution in [0.15, 0.2) is 30.6 Å². The number of hydrogen-bond donors (Lipinski definition) is 2. The maximum atomic E-state index is 14.8. The number of hydrogen-bond acceptors (Lipinski definition) is 5. The fourth-order valence-corrected chi connectivity index (χ4v) is 5.22. The SMILES string of the molecule is Nc1ncnn2c(-c3cc(C(=O)N[C@@H]4CN(C(=O)C5CCC(F)(F)CC5)C[C@@H]4F)ccc3F)cc(C(F)(F)F)c12. The number of carbonyl (C=O) groups excluding carboxylic acids is 2. The summed E-state index contributed by atoms with van der Waals surface area (Å²) in [5, 5.41) is 6.20. The number of likely N-dealkylation sites (tertiary alicyclic amines) is 1. The molecule has 0 spiro atoms. The van der Waals surface area contributed by atoms with E-state index in [4.69, 9.17) is 5.73 Å². The zero-order valence-electron chi connectivity index (χ0n) is 20.7. The minimum atomic E-state index is -4.87. The third-order valence-corrected chi connectivity index (χ3v) is 7.34. The number of carbonyl (C=O) groups is 2. The van der Waals surface area contributed by atoms with Crippen molar-refractivity contribution in [3.8, 4) is 11.3 Å². The Hall–Kier alpha value is -3.91. The predicted molar refractivity (Wildman–Crippen MR) is 127 cm³/mol. The van der Waals surface area contributed by atoms with Crippen molar-refractivity contribution in [1.29, 1.82) is 0 Å². The molecule has 8 nitrogen and oxygen atoms in total. The van der Waals surface area contributed by atoms with Gasteiger partial charge in [0.25, 0.3) is 5.91 Å². The molecule has 3 aromatic rings. The van der Waals surface area contributed by atoms with Crippen molar-refractivity contribution < 1.29 is 40.3 Å². The minimum Gasteiger partial charge on any atom is -0.382 e. The molecule has 1 aliphatic carbocycles. The lowest BCUT2D eigenvalue weighted by Crippen LogP contribution is -2.42. The molecule has 3 heterocycles. The highest BCUT2D eigenvalue weighted by Crippen LogP contribution is 2.40. The van der Waals surface area contributed by atoms with Crippen molar-refractivity contribution >= 4 is 23.1 Å². The number of rotatable bonds is 4. The molecule has 0 radical (unpaired) electrons. The van der Waals surface area contributed by atoms with E-state index in [1.807, 2.05) is 0 Å². The maximum Gasteiger partial charge on any atom is 0.418 e. The van der Waals surface area contributed by atoms with Crippen molar-refractivity contribution in [3.05, 3.63) is 47.5 Å². The van der Waals surface area contributed by atoms with Gasteiger partial charge in [0.1, 0.15) is 23.8 Å². The number of halogens is 7. The Kier molecular flexibility index (Phi) is 6.86. The van der Waals surface area contributed by atoms with E-state index in [1.54, 1.807) is 0 Å². The van der Waals surface area contributed by atoms with Gasteiger partial charge < -0.3 is 16.0 Å². The van der Waals surface area contributed by atoms with Crippen LogP contribution in [0, 0.1) is 11.7 Å². The standard InChI is InChI=1S/C25H23F7N6O2/c26-16-2-1-13(7-14(16)19-8-15(25(30,31)32)20-21(33)34-11-35-38(19)20)22(39)36-18-10-37(9-17(18)27)23(40)12-3-5-24(28,29)6-4-12/h1-2,7-8,11-12,17-18H,3-6,9-10H2,(H,36,39)(H2,33,34,35)/t17-,18+/m0/s1. The molecule has 2 fully saturated rings. The molecule has 0 unspecified atom stereocenters. The zero-order valence-corrected chi connectivity index (χ0v) is 20.7. The lowest BCUT2D eigenvalue weighted by molar-refractivity contribution is -0.139. The van der Waals surface area contributed by atoms with Crippen LogP contribution in [0.3, 0.4) is 0 Å². The van der Waals surface area contributed by atoms with Gasteiger partial charge in [0.15, 0.2) is 5.82 Å². The van der Waals surface area contributed by atoms with Gasteiger partial charge in [-0.25, -0.2) is 27.1 Å². The van der Waals surface area contributed by atoms with Gasteiger partial charge in [0, 0.05) is 36.4 Å². The third kappa shape index (κ3) is 5.16. The first-order chi connectivity index (χ1) is 18.7. The van der Waals surface area contributed by atoms with E-state index in [1.165, 1.54) is 4.90 Å². The van der Waals surface area contributed by atoms with Crippen LogP contribution < -0.4 is 11.1 Å². The first kappa shape index (κ1) is 27.6. The number of alkyl halides is 6. The van der Waals surface area contributed by atoms with Crippen molar-refractivity contribution in [1.82, 2.24) is 24.8 Å². The quantitative estimate of drug-likeness (QED) is 0.455. The second-order valence-corrected chi connectivity index (χ2v) is 10.0. The Bertz CT molecular complexity index is 1460. The molecule has 5 rings (SSSR count). The lowest BCUT2D eigenvalue weighted by Gasteiger charge is -2.30. The number of nitrogens with zero attached hydrogens (tertiary/aromatic N) is 4. The first-order valence-corrected chi connectivity index (χ1v) is 12.4. The Balaban J connectivity index is 1.35. The molecule has 1 saturated heterocycles. The van der Waals surface area contributed by atoms with E-state index in [2.05, 4.69) is 15.4 Å². The molecule has 2 amide bonds. The molecular formula is C25H23F7N6O2. The summed E-state index contributed by atoms with van der Waals surface area (Å²) in [6, 6.07) is 2.45. The number of nitrogen functional groups attached to an aromatic ring is 1. The van der Waals surface area contributed by atoms with Crippen LogP contribution in [0.2, 0.25) is 0 Å². The molecule has 1 saturated carbocycles. The highest BCUT2D eigenvalue weighted by atomic mass is 19.4. The summed E-state index contributed by atoms with van der Waals surface area (Å²) in [6.45, 7) is -0.524. The zero-order chi connectivity index (χ0) is 29.0. The van der Waals surface area contributed by atoms with Crippen molar-refractivity contribution in [2.45, 2.75) is 50.0 Å². The topological polar surface area (TPSA) is 106 Å². The van der Waals surface area contributed by atoms with Gasteiger partial charge in [-0.1, -0.05) is 0 Å². The van der Waals surface area contributed by atoms with Gasteiger partial charge in [-0.3, -0.25) is 9.59 Å². The van der Waals surface area contributed by atoms with E-state index < -0.39 is 83.2 Å². The molecule has 214 valence electrons. The fraction of sp³-hybridized carbons (Fsp3) is 0.440.